The molecule has 5 heteroatoms. The van der Waals surface area contributed by atoms with E-state index in [-0.39, 0.29) is 5.41 Å². The molecule has 2 aliphatic rings. The molecule has 1 amide bonds. The van der Waals surface area contributed by atoms with E-state index >= 15 is 0 Å². The van der Waals surface area contributed by atoms with Gasteiger partial charge >= 0.3 is 0 Å². The Bertz CT molecular complexity index is 956. The molecular formula is C26H31N3O2. The van der Waals surface area contributed by atoms with Gasteiger partial charge in [-0.05, 0) is 86.1 Å². The highest BCUT2D eigenvalue weighted by Gasteiger charge is 2.36. The first-order valence-corrected chi connectivity index (χ1v) is 11.3. The Hall–Kier alpha value is -2.84. The number of benzene rings is 2. The average molecular weight is 418 g/mol. The van der Waals surface area contributed by atoms with Gasteiger partial charge in [0, 0.05) is 24.7 Å². The van der Waals surface area contributed by atoms with Crippen LogP contribution < -0.4 is 9.64 Å². The fourth-order valence-corrected chi connectivity index (χ4v) is 4.94. The van der Waals surface area contributed by atoms with E-state index in [2.05, 4.69) is 43.0 Å². The van der Waals surface area contributed by atoms with Gasteiger partial charge < -0.3 is 9.64 Å². The fraction of sp³-hybridized carbons (Fsp3) is 0.462. The maximum atomic E-state index is 11.9. The largest absolute Gasteiger partial charge is 0.493 e. The van der Waals surface area contributed by atoms with Crippen LogP contribution in [0.2, 0.25) is 0 Å². The van der Waals surface area contributed by atoms with E-state index in [1.54, 1.807) is 12.1 Å². The summed E-state index contributed by atoms with van der Waals surface area (Å²) in [6.45, 7) is 8.07. The predicted octanol–water partition coefficient (Wildman–Crippen LogP) is 4.71. The van der Waals surface area contributed by atoms with Crippen LogP contribution in [0.3, 0.4) is 0 Å². The standard InChI is InChI=1S/C26H31N3O2/c1-3-26(18-29(19-30)24-8-4-21(17-27)5-9-24)11-13-28(14-12-26)20(2)23-7-6-22-10-15-31-25(22)16-23/h4-9,16,19-20H,3,10-15,18H2,1-2H3. The summed E-state index contributed by atoms with van der Waals surface area (Å²) in [5.41, 5.74) is 4.22. The molecule has 2 aromatic carbocycles. The number of piperidine rings is 1. The Kier molecular flexibility index (Phi) is 6.29. The van der Waals surface area contributed by atoms with Gasteiger partial charge in [-0.3, -0.25) is 9.69 Å². The fourth-order valence-electron chi connectivity index (χ4n) is 4.94. The molecule has 5 nitrogen and oxygen atoms in total. The third kappa shape index (κ3) is 4.45. The second-order valence-corrected chi connectivity index (χ2v) is 8.92. The predicted molar refractivity (Wildman–Crippen MR) is 122 cm³/mol. The number of amides is 1. The van der Waals surface area contributed by atoms with Crippen LogP contribution in [0.4, 0.5) is 5.69 Å². The molecule has 0 spiro atoms. The monoisotopic (exact) mass is 417 g/mol. The van der Waals surface area contributed by atoms with E-state index in [1.807, 2.05) is 17.0 Å². The Morgan fingerprint density at radius 2 is 1.97 bits per heavy atom. The molecule has 4 rings (SSSR count). The number of rotatable bonds is 7. The number of carbonyl (C=O) groups is 1. The van der Waals surface area contributed by atoms with Crippen LogP contribution in [0.25, 0.3) is 0 Å². The minimum atomic E-state index is 0.117. The molecule has 0 aliphatic carbocycles. The molecule has 1 atom stereocenters. The van der Waals surface area contributed by atoms with E-state index in [1.165, 1.54) is 11.1 Å². The molecule has 0 aromatic heterocycles. The van der Waals surface area contributed by atoms with E-state index in [4.69, 9.17) is 10.00 Å². The van der Waals surface area contributed by atoms with E-state index < -0.39 is 0 Å². The zero-order valence-electron chi connectivity index (χ0n) is 18.5. The number of fused-ring (bicyclic) bond motifs is 1. The van der Waals surface area contributed by atoms with Crippen molar-refractivity contribution in [3.63, 3.8) is 0 Å². The lowest BCUT2D eigenvalue weighted by Crippen LogP contribution is -2.46. The molecule has 1 saturated heterocycles. The van der Waals surface area contributed by atoms with Crippen LogP contribution >= 0.6 is 0 Å². The van der Waals surface area contributed by atoms with Crippen LogP contribution in [0.1, 0.15) is 55.8 Å². The van der Waals surface area contributed by atoms with E-state index in [9.17, 15) is 4.79 Å². The normalized spacial score (nSPS) is 18.5. The van der Waals surface area contributed by atoms with Gasteiger partial charge in [0.25, 0.3) is 0 Å². The molecular weight excluding hydrogens is 386 g/mol. The number of hydrogen-bond acceptors (Lipinski definition) is 4. The number of hydrogen-bond donors (Lipinski definition) is 0. The van der Waals surface area contributed by atoms with Gasteiger partial charge in [-0.15, -0.1) is 0 Å². The number of carbonyl (C=O) groups excluding carboxylic acids is 1. The molecule has 0 radical (unpaired) electrons. The van der Waals surface area contributed by atoms with Crippen molar-refractivity contribution in [2.75, 3.05) is 31.1 Å². The molecule has 162 valence electrons. The highest BCUT2D eigenvalue weighted by molar-refractivity contribution is 5.75. The molecule has 2 heterocycles. The number of nitriles is 1. The third-order valence-corrected chi connectivity index (χ3v) is 7.32. The first kappa shape index (κ1) is 21.4. The van der Waals surface area contributed by atoms with Crippen LogP contribution in [-0.4, -0.2) is 37.6 Å². The maximum Gasteiger partial charge on any atom is 0.214 e. The zero-order valence-corrected chi connectivity index (χ0v) is 18.5. The molecule has 1 fully saturated rings. The molecule has 31 heavy (non-hydrogen) atoms. The van der Waals surface area contributed by atoms with Gasteiger partial charge in [0.15, 0.2) is 0 Å². The minimum Gasteiger partial charge on any atom is -0.493 e. The zero-order chi connectivity index (χ0) is 21.8. The van der Waals surface area contributed by atoms with Gasteiger partial charge in [0.05, 0.1) is 18.2 Å². The molecule has 2 aromatic rings. The molecule has 1 unspecified atom stereocenters. The summed E-state index contributed by atoms with van der Waals surface area (Å²) in [4.78, 5) is 16.2. The summed E-state index contributed by atoms with van der Waals surface area (Å²) < 4.78 is 5.76. The number of likely N-dealkylation sites (tertiary alicyclic amines) is 1. The average Bonchev–Trinajstić information content (AvgIpc) is 3.30. The Balaban J connectivity index is 1.42. The molecule has 2 aliphatic heterocycles. The van der Waals surface area contributed by atoms with E-state index in [0.29, 0.717) is 18.2 Å². The van der Waals surface area contributed by atoms with Crippen molar-refractivity contribution in [2.45, 2.75) is 45.6 Å². The summed E-state index contributed by atoms with van der Waals surface area (Å²) >= 11 is 0. The smallest absolute Gasteiger partial charge is 0.214 e. The van der Waals surface area contributed by atoms with Gasteiger partial charge in [-0.25, -0.2) is 0 Å². The highest BCUT2D eigenvalue weighted by atomic mass is 16.5. The van der Waals surface area contributed by atoms with Crippen molar-refractivity contribution < 1.29 is 9.53 Å². The Labute approximate surface area is 185 Å². The van der Waals surface area contributed by atoms with Gasteiger partial charge in [0.1, 0.15) is 5.75 Å². The van der Waals surface area contributed by atoms with E-state index in [0.717, 1.165) is 63.2 Å². The van der Waals surface area contributed by atoms with Crippen LogP contribution in [0, 0.1) is 16.7 Å². The molecule has 0 saturated carbocycles. The van der Waals surface area contributed by atoms with Crippen LogP contribution in [-0.2, 0) is 11.2 Å². The summed E-state index contributed by atoms with van der Waals surface area (Å²) in [7, 11) is 0. The minimum absolute atomic E-state index is 0.117. The highest BCUT2D eigenvalue weighted by Crippen LogP contribution is 2.39. The van der Waals surface area contributed by atoms with Gasteiger partial charge in [-0.2, -0.15) is 5.26 Å². The van der Waals surface area contributed by atoms with Crippen LogP contribution in [0.15, 0.2) is 42.5 Å². The second-order valence-electron chi connectivity index (χ2n) is 8.92. The second kappa shape index (κ2) is 9.11. The Morgan fingerprint density at radius 1 is 1.23 bits per heavy atom. The van der Waals surface area contributed by atoms with Crippen molar-refractivity contribution >= 4 is 12.1 Å². The summed E-state index contributed by atoms with van der Waals surface area (Å²) in [6, 6.07) is 16.4. The SMILES string of the molecule is CCC1(CN(C=O)c2ccc(C#N)cc2)CCN(C(C)c2ccc3c(c2)OCC3)CC1. The van der Waals surface area contributed by atoms with Crippen molar-refractivity contribution in [3.05, 3.63) is 59.2 Å². The lowest BCUT2D eigenvalue weighted by Gasteiger charge is -2.45. The third-order valence-electron chi connectivity index (χ3n) is 7.32. The van der Waals surface area contributed by atoms with Crippen molar-refractivity contribution in [1.82, 2.24) is 4.90 Å². The lowest BCUT2D eigenvalue weighted by molar-refractivity contribution is -0.108. The number of ether oxygens (including phenoxy) is 1. The first-order chi connectivity index (χ1) is 15.1. The summed E-state index contributed by atoms with van der Waals surface area (Å²) in [5.74, 6) is 1.05. The van der Waals surface area contributed by atoms with Crippen LogP contribution in [0.5, 0.6) is 5.75 Å². The van der Waals surface area contributed by atoms with Gasteiger partial charge in [-0.1, -0.05) is 19.1 Å². The van der Waals surface area contributed by atoms with Gasteiger partial charge in [0.2, 0.25) is 6.41 Å². The summed E-state index contributed by atoms with van der Waals surface area (Å²) in [6.07, 6.45) is 5.12. The maximum absolute atomic E-state index is 11.9. The molecule has 0 N–H and O–H groups in total. The number of nitrogens with zero attached hydrogens (tertiary/aromatic N) is 3. The van der Waals surface area contributed by atoms with Crippen molar-refractivity contribution in [1.29, 1.82) is 5.26 Å². The Morgan fingerprint density at radius 3 is 2.61 bits per heavy atom. The lowest BCUT2D eigenvalue weighted by atomic mass is 9.75. The number of anilines is 1. The summed E-state index contributed by atoms with van der Waals surface area (Å²) in [5, 5.41) is 9.02. The molecule has 0 bridgehead atoms. The van der Waals surface area contributed by atoms with Crippen molar-refractivity contribution in [3.8, 4) is 11.8 Å². The quantitative estimate of drug-likeness (QED) is 0.612. The first-order valence-electron chi connectivity index (χ1n) is 11.3. The topological polar surface area (TPSA) is 56.6 Å². The van der Waals surface area contributed by atoms with Crippen molar-refractivity contribution in [2.24, 2.45) is 5.41 Å².